The van der Waals surface area contributed by atoms with E-state index < -0.39 is 0 Å². The van der Waals surface area contributed by atoms with E-state index in [1.807, 2.05) is 0 Å². The number of nitrogens with zero attached hydrogens (tertiary/aromatic N) is 2. The molecule has 0 N–H and O–H groups in total. The molecule has 4 heterocycles. The van der Waals surface area contributed by atoms with Gasteiger partial charge in [0.25, 0.3) is 0 Å². The molecule has 4 aromatic heterocycles. The van der Waals surface area contributed by atoms with Crippen molar-refractivity contribution in [3.05, 3.63) is 94.3 Å². The van der Waals surface area contributed by atoms with Crippen LogP contribution in [-0.2, 0) is 16.2 Å². The molecule has 0 aliphatic heterocycles. The first-order chi connectivity index (χ1) is 21.5. The van der Waals surface area contributed by atoms with E-state index in [4.69, 9.17) is 11.6 Å². The van der Waals surface area contributed by atoms with Crippen LogP contribution >= 0.6 is 11.6 Å². The Hall–Kier alpha value is -4.08. The minimum Gasteiger partial charge on any atom is -0.308 e. The average molecular weight is 625 g/mol. The summed E-state index contributed by atoms with van der Waals surface area (Å²) in [5.74, 6) is -0.386. The van der Waals surface area contributed by atoms with Crippen molar-refractivity contribution in [3.63, 3.8) is 0 Å². The van der Waals surface area contributed by atoms with Crippen LogP contribution in [0.25, 0.3) is 76.2 Å². The van der Waals surface area contributed by atoms with Crippen molar-refractivity contribution in [2.45, 2.75) is 78.6 Å². The zero-order valence-corrected chi connectivity index (χ0v) is 28.8. The summed E-state index contributed by atoms with van der Waals surface area (Å²) in [5.41, 5.74) is 10.8. The molecule has 9 aromatic rings. The zero-order chi connectivity index (χ0) is 32.4. The van der Waals surface area contributed by atoms with Gasteiger partial charge < -0.3 is 8.80 Å². The van der Waals surface area contributed by atoms with E-state index in [1.165, 1.54) is 65.6 Å². The van der Waals surface area contributed by atoms with Crippen molar-refractivity contribution >= 4 is 87.8 Å². The summed E-state index contributed by atoms with van der Waals surface area (Å²) < 4.78 is 20.0. The maximum Gasteiger partial charge on any atom is 0.142 e. The third-order valence-electron chi connectivity index (χ3n) is 10.5. The van der Waals surface area contributed by atoms with Crippen molar-refractivity contribution in [1.29, 1.82) is 0 Å². The monoisotopic (exact) mass is 624 g/mol. The molecule has 0 amide bonds. The first-order valence-electron chi connectivity index (χ1n) is 16.3. The molecule has 0 saturated heterocycles. The Bertz CT molecular complexity index is 2750. The largest absolute Gasteiger partial charge is 0.308 e. The van der Waals surface area contributed by atoms with Gasteiger partial charge in [0.2, 0.25) is 0 Å². The van der Waals surface area contributed by atoms with Crippen LogP contribution in [0.2, 0.25) is 5.02 Å². The fraction of sp³-hybridized carbons (Fsp3) is 0.286. The first-order valence-corrected chi connectivity index (χ1v) is 16.7. The molecular formula is C42H38ClFN2. The van der Waals surface area contributed by atoms with Crippen molar-refractivity contribution in [3.8, 4) is 0 Å². The van der Waals surface area contributed by atoms with E-state index >= 15 is 4.39 Å². The smallest absolute Gasteiger partial charge is 0.142 e. The minimum absolute atomic E-state index is 0.0147. The van der Waals surface area contributed by atoms with Gasteiger partial charge in [0.05, 0.1) is 38.1 Å². The molecule has 46 heavy (non-hydrogen) atoms. The van der Waals surface area contributed by atoms with Gasteiger partial charge >= 0.3 is 0 Å². The van der Waals surface area contributed by atoms with Gasteiger partial charge in [-0.05, 0) is 87.5 Å². The lowest BCUT2D eigenvalue weighted by Gasteiger charge is -2.20. The predicted molar refractivity (Wildman–Crippen MR) is 197 cm³/mol. The molecule has 0 radical (unpaired) electrons. The molecule has 0 atom stereocenters. The number of aromatic nitrogens is 2. The highest BCUT2D eigenvalue weighted by Crippen LogP contribution is 2.50. The molecule has 0 saturated carbocycles. The lowest BCUT2D eigenvalue weighted by molar-refractivity contribution is 0.590. The van der Waals surface area contributed by atoms with Crippen molar-refractivity contribution in [2.24, 2.45) is 0 Å². The Kier molecular flexibility index (Phi) is 5.17. The molecule has 230 valence electrons. The zero-order valence-electron chi connectivity index (χ0n) is 28.0. The summed E-state index contributed by atoms with van der Waals surface area (Å²) in [6.45, 7) is 20.6. The van der Waals surface area contributed by atoms with Crippen LogP contribution in [-0.4, -0.2) is 8.80 Å². The summed E-state index contributed by atoms with van der Waals surface area (Å²) in [6.07, 6.45) is 0. The lowest BCUT2D eigenvalue weighted by atomic mass is 9.84. The summed E-state index contributed by atoms with van der Waals surface area (Å²) >= 11 is 6.46. The second kappa shape index (κ2) is 8.44. The fourth-order valence-corrected chi connectivity index (χ4v) is 8.14. The summed E-state index contributed by atoms with van der Waals surface area (Å²) in [7, 11) is 0. The normalized spacial score (nSPS) is 14.0. The van der Waals surface area contributed by atoms with Crippen LogP contribution in [0.3, 0.4) is 0 Å². The molecule has 0 aliphatic rings. The Morgan fingerprint density at radius 1 is 0.457 bits per heavy atom. The van der Waals surface area contributed by atoms with Crippen LogP contribution in [0.4, 0.5) is 4.39 Å². The number of hydrogen-bond acceptors (Lipinski definition) is 0. The molecule has 0 unspecified atom stereocenters. The highest BCUT2D eigenvalue weighted by Gasteiger charge is 2.29. The molecule has 9 rings (SSSR count). The molecule has 0 fully saturated rings. The lowest BCUT2D eigenvalue weighted by Crippen LogP contribution is -2.11. The molecule has 2 nitrogen and oxygen atoms in total. The number of rotatable bonds is 0. The average Bonchev–Trinajstić information content (AvgIpc) is 3.67. The molecule has 0 bridgehead atoms. The van der Waals surface area contributed by atoms with Gasteiger partial charge in [-0.25, -0.2) is 4.39 Å². The number of benzene rings is 5. The van der Waals surface area contributed by atoms with Gasteiger partial charge in [0.1, 0.15) is 5.82 Å². The van der Waals surface area contributed by atoms with Crippen molar-refractivity contribution in [1.82, 2.24) is 8.80 Å². The summed E-state index contributed by atoms with van der Waals surface area (Å²) in [6, 6.07) is 24.5. The van der Waals surface area contributed by atoms with E-state index in [-0.39, 0.29) is 27.1 Å². The Morgan fingerprint density at radius 3 is 1.52 bits per heavy atom. The Morgan fingerprint density at radius 2 is 0.913 bits per heavy atom. The third kappa shape index (κ3) is 3.47. The molecule has 0 spiro atoms. The maximum atomic E-state index is 15.1. The molecule has 4 heteroatoms. The predicted octanol–water partition coefficient (Wildman–Crippen LogP) is 12.7. The van der Waals surface area contributed by atoms with Gasteiger partial charge in [0, 0.05) is 43.1 Å². The maximum absolute atomic E-state index is 15.1. The van der Waals surface area contributed by atoms with Crippen molar-refractivity contribution in [2.75, 3.05) is 0 Å². The molecule has 0 aliphatic carbocycles. The second-order valence-corrected chi connectivity index (χ2v) is 17.0. The van der Waals surface area contributed by atoms with Gasteiger partial charge in [-0.15, -0.1) is 0 Å². The minimum atomic E-state index is -0.386. The van der Waals surface area contributed by atoms with Crippen molar-refractivity contribution < 1.29 is 4.39 Å². The first kappa shape index (κ1) is 28.2. The highest BCUT2D eigenvalue weighted by molar-refractivity contribution is 6.37. The molecular weight excluding hydrogens is 587 g/mol. The van der Waals surface area contributed by atoms with Crippen LogP contribution in [0.15, 0.2) is 66.7 Å². The Balaban J connectivity index is 1.62. The van der Waals surface area contributed by atoms with E-state index in [2.05, 4.69) is 126 Å². The molecule has 5 aromatic carbocycles. The van der Waals surface area contributed by atoms with Gasteiger partial charge in [-0.3, -0.25) is 0 Å². The summed E-state index contributed by atoms with van der Waals surface area (Å²) in [4.78, 5) is 0. The van der Waals surface area contributed by atoms with Gasteiger partial charge in [-0.2, -0.15) is 0 Å². The fourth-order valence-electron chi connectivity index (χ4n) is 7.98. The van der Waals surface area contributed by atoms with Crippen LogP contribution in [0, 0.1) is 5.82 Å². The van der Waals surface area contributed by atoms with E-state index in [0.717, 1.165) is 27.3 Å². The van der Waals surface area contributed by atoms with Crippen LogP contribution < -0.4 is 0 Å². The number of hydrogen-bond donors (Lipinski definition) is 0. The number of fused-ring (bicyclic) bond motifs is 13. The van der Waals surface area contributed by atoms with E-state index in [9.17, 15) is 0 Å². The van der Waals surface area contributed by atoms with Crippen LogP contribution in [0.5, 0.6) is 0 Å². The highest BCUT2D eigenvalue weighted by atomic mass is 35.5. The number of halogens is 2. The summed E-state index contributed by atoms with van der Waals surface area (Å²) in [5, 5.41) is 9.59. The second-order valence-electron chi connectivity index (χ2n) is 16.6. The standard InChI is InChI=1S/C42H38ClFN2/c1-40(2,3)21-10-12-33-24(14-21)26-16-23(42(7,8)9)17-27-29-18-28-25-19-32(44)31(43)20-35(25)45-34-13-11-22(41(4,5)6)15-30(34)36(38(28)45)39(29)46(33)37(26)27/h10-20H,1-9H3. The van der Waals surface area contributed by atoms with Gasteiger partial charge in [-0.1, -0.05) is 86.0 Å². The van der Waals surface area contributed by atoms with E-state index in [1.54, 1.807) is 12.1 Å². The third-order valence-corrected chi connectivity index (χ3v) is 10.8. The Labute approximate surface area is 273 Å². The van der Waals surface area contributed by atoms with Gasteiger partial charge in [0.15, 0.2) is 0 Å². The SMILES string of the molecule is CC(C)(C)c1ccc2c(c1)c1c3c(cc4c5cc(C(C)(C)C)cc6c7cc(C(C)(C)C)ccc7n(c65)c41)c1cc(F)c(Cl)cc1n23. The van der Waals surface area contributed by atoms with Crippen LogP contribution in [0.1, 0.15) is 79.0 Å². The quantitative estimate of drug-likeness (QED) is 0.159. The van der Waals surface area contributed by atoms with E-state index in [0.29, 0.717) is 0 Å². The topological polar surface area (TPSA) is 8.82 Å².